The Morgan fingerprint density at radius 3 is 2.57 bits per heavy atom. The molecule has 2 aromatic rings. The highest BCUT2D eigenvalue weighted by atomic mass is 16.4. The van der Waals surface area contributed by atoms with E-state index in [1.807, 2.05) is 37.8 Å². The SMILES string of the molecule is CC(C)(C)C(=O)N1CCN(c2nc3ncccc3o2)CC1. The molecule has 1 aliphatic rings. The minimum absolute atomic E-state index is 0.196. The molecule has 1 fully saturated rings. The molecule has 0 radical (unpaired) electrons. The van der Waals surface area contributed by atoms with Crippen LogP contribution < -0.4 is 4.90 Å². The maximum absolute atomic E-state index is 12.3. The van der Waals surface area contributed by atoms with Gasteiger partial charge in [-0.25, -0.2) is 4.98 Å². The van der Waals surface area contributed by atoms with E-state index in [9.17, 15) is 4.79 Å². The van der Waals surface area contributed by atoms with Gasteiger partial charge < -0.3 is 14.2 Å². The minimum atomic E-state index is -0.330. The predicted molar refractivity (Wildman–Crippen MR) is 80.1 cm³/mol. The van der Waals surface area contributed by atoms with E-state index in [1.54, 1.807) is 6.20 Å². The summed E-state index contributed by atoms with van der Waals surface area (Å²) in [6.45, 7) is 8.71. The van der Waals surface area contributed by atoms with E-state index in [2.05, 4.69) is 14.9 Å². The van der Waals surface area contributed by atoms with Crippen molar-refractivity contribution >= 4 is 23.2 Å². The van der Waals surface area contributed by atoms with Crippen molar-refractivity contribution in [3.63, 3.8) is 0 Å². The maximum Gasteiger partial charge on any atom is 0.300 e. The van der Waals surface area contributed by atoms with Gasteiger partial charge in [0.15, 0.2) is 5.58 Å². The van der Waals surface area contributed by atoms with Crippen LogP contribution in [0.25, 0.3) is 11.2 Å². The Morgan fingerprint density at radius 2 is 1.95 bits per heavy atom. The number of hydrogen-bond acceptors (Lipinski definition) is 5. The second-order valence-corrected chi connectivity index (χ2v) is 6.35. The van der Waals surface area contributed by atoms with Crippen LogP contribution in [0.2, 0.25) is 0 Å². The lowest BCUT2D eigenvalue weighted by molar-refractivity contribution is -0.139. The Hall–Kier alpha value is -2.11. The van der Waals surface area contributed by atoms with Gasteiger partial charge in [0.2, 0.25) is 11.6 Å². The van der Waals surface area contributed by atoms with Gasteiger partial charge in [-0.05, 0) is 12.1 Å². The Bertz CT molecular complexity index is 618. The molecule has 0 unspecified atom stereocenters. The molecule has 1 amide bonds. The van der Waals surface area contributed by atoms with Crippen molar-refractivity contribution in [3.8, 4) is 0 Å². The number of hydrogen-bond donors (Lipinski definition) is 0. The number of aromatic nitrogens is 2. The highest BCUT2D eigenvalue weighted by molar-refractivity contribution is 5.81. The van der Waals surface area contributed by atoms with E-state index in [0.29, 0.717) is 30.3 Å². The summed E-state index contributed by atoms with van der Waals surface area (Å²) in [6, 6.07) is 4.28. The first-order valence-corrected chi connectivity index (χ1v) is 7.21. The Labute approximate surface area is 123 Å². The van der Waals surface area contributed by atoms with Gasteiger partial charge in [-0.15, -0.1) is 0 Å². The zero-order valence-corrected chi connectivity index (χ0v) is 12.7. The number of pyridine rings is 1. The summed E-state index contributed by atoms with van der Waals surface area (Å²) in [7, 11) is 0. The fourth-order valence-corrected chi connectivity index (χ4v) is 2.47. The number of carbonyl (C=O) groups is 1. The van der Waals surface area contributed by atoms with Crippen molar-refractivity contribution in [1.82, 2.24) is 14.9 Å². The van der Waals surface area contributed by atoms with E-state index < -0.39 is 0 Å². The third-order valence-electron chi connectivity index (χ3n) is 3.63. The monoisotopic (exact) mass is 288 g/mol. The molecule has 6 heteroatoms. The van der Waals surface area contributed by atoms with Crippen LogP contribution in [0.15, 0.2) is 22.7 Å². The zero-order chi connectivity index (χ0) is 15.0. The van der Waals surface area contributed by atoms with Crippen LogP contribution in [0, 0.1) is 5.41 Å². The third-order valence-corrected chi connectivity index (χ3v) is 3.63. The van der Waals surface area contributed by atoms with Gasteiger partial charge in [-0.1, -0.05) is 20.8 Å². The van der Waals surface area contributed by atoms with Crippen molar-refractivity contribution in [1.29, 1.82) is 0 Å². The average molecular weight is 288 g/mol. The highest BCUT2D eigenvalue weighted by Crippen LogP contribution is 2.23. The van der Waals surface area contributed by atoms with E-state index in [0.717, 1.165) is 13.1 Å². The standard InChI is InChI=1S/C15H20N4O2/c1-15(2,3)13(20)18-7-9-19(10-8-18)14-17-12-11(21-14)5-4-6-16-12/h4-6H,7-10H2,1-3H3. The Kier molecular flexibility index (Phi) is 3.31. The molecule has 6 nitrogen and oxygen atoms in total. The quantitative estimate of drug-likeness (QED) is 0.802. The average Bonchev–Trinajstić information content (AvgIpc) is 2.89. The second kappa shape index (κ2) is 5.02. The molecule has 1 aliphatic heterocycles. The summed E-state index contributed by atoms with van der Waals surface area (Å²) in [5.74, 6) is 0.196. The molecule has 0 N–H and O–H groups in total. The van der Waals surface area contributed by atoms with Crippen molar-refractivity contribution in [3.05, 3.63) is 18.3 Å². The smallest absolute Gasteiger partial charge is 0.300 e. The van der Waals surface area contributed by atoms with Crippen LogP contribution in [-0.4, -0.2) is 47.0 Å². The van der Waals surface area contributed by atoms with Gasteiger partial charge in [0, 0.05) is 37.8 Å². The van der Waals surface area contributed by atoms with E-state index in [-0.39, 0.29) is 11.3 Å². The summed E-state index contributed by atoms with van der Waals surface area (Å²) in [4.78, 5) is 24.8. The van der Waals surface area contributed by atoms with Gasteiger partial charge in [-0.3, -0.25) is 4.79 Å². The summed E-state index contributed by atoms with van der Waals surface area (Å²) in [5.41, 5.74) is 0.991. The molecule has 21 heavy (non-hydrogen) atoms. The van der Waals surface area contributed by atoms with Crippen molar-refractivity contribution in [2.45, 2.75) is 20.8 Å². The number of nitrogens with zero attached hydrogens (tertiary/aromatic N) is 4. The van der Waals surface area contributed by atoms with Crippen LogP contribution >= 0.6 is 0 Å². The molecule has 1 saturated heterocycles. The van der Waals surface area contributed by atoms with E-state index in [4.69, 9.17) is 4.42 Å². The lowest BCUT2D eigenvalue weighted by Gasteiger charge is -2.36. The number of piperazine rings is 1. The van der Waals surface area contributed by atoms with Crippen molar-refractivity contribution in [2.24, 2.45) is 5.41 Å². The summed E-state index contributed by atoms with van der Waals surface area (Å²) in [6.07, 6.45) is 1.70. The predicted octanol–water partition coefficient (Wildman–Crippen LogP) is 1.92. The molecule has 3 rings (SSSR count). The molecule has 0 saturated carbocycles. The third kappa shape index (κ3) is 2.70. The summed E-state index contributed by atoms with van der Waals surface area (Å²) in [5, 5.41) is 0. The van der Waals surface area contributed by atoms with E-state index >= 15 is 0 Å². The second-order valence-electron chi connectivity index (χ2n) is 6.35. The first kappa shape index (κ1) is 13.9. The van der Waals surface area contributed by atoms with Crippen LogP contribution in [0.1, 0.15) is 20.8 Å². The molecule has 0 spiro atoms. The Balaban J connectivity index is 1.69. The van der Waals surface area contributed by atoms with Gasteiger partial charge in [0.25, 0.3) is 6.01 Å². The van der Waals surface area contributed by atoms with Crippen LogP contribution in [0.3, 0.4) is 0 Å². The van der Waals surface area contributed by atoms with Crippen LogP contribution in [0.5, 0.6) is 0 Å². The molecule has 0 aromatic carbocycles. The molecular weight excluding hydrogens is 268 g/mol. The van der Waals surface area contributed by atoms with Gasteiger partial charge >= 0.3 is 0 Å². The molecule has 2 aromatic heterocycles. The van der Waals surface area contributed by atoms with Crippen LogP contribution in [-0.2, 0) is 4.79 Å². The molecule has 0 atom stereocenters. The topological polar surface area (TPSA) is 62.5 Å². The number of amides is 1. The fraction of sp³-hybridized carbons (Fsp3) is 0.533. The first-order valence-electron chi connectivity index (χ1n) is 7.21. The van der Waals surface area contributed by atoms with Crippen LogP contribution in [0.4, 0.5) is 6.01 Å². The lowest BCUT2D eigenvalue weighted by Crippen LogP contribution is -2.51. The number of fused-ring (bicyclic) bond motifs is 1. The molecule has 112 valence electrons. The summed E-state index contributed by atoms with van der Waals surface area (Å²) < 4.78 is 5.72. The Morgan fingerprint density at radius 1 is 1.24 bits per heavy atom. The first-order chi connectivity index (χ1) is 9.95. The molecule has 0 aliphatic carbocycles. The number of anilines is 1. The van der Waals surface area contributed by atoms with Crippen molar-refractivity contribution < 1.29 is 9.21 Å². The zero-order valence-electron chi connectivity index (χ0n) is 12.7. The lowest BCUT2D eigenvalue weighted by atomic mass is 9.94. The number of oxazole rings is 1. The van der Waals surface area contributed by atoms with Gasteiger partial charge in [0.1, 0.15) is 0 Å². The summed E-state index contributed by atoms with van der Waals surface area (Å²) >= 11 is 0. The van der Waals surface area contributed by atoms with E-state index in [1.165, 1.54) is 0 Å². The normalized spacial score (nSPS) is 16.5. The minimum Gasteiger partial charge on any atom is -0.422 e. The maximum atomic E-state index is 12.3. The van der Waals surface area contributed by atoms with Gasteiger partial charge in [-0.2, -0.15) is 4.98 Å². The molecule has 3 heterocycles. The number of rotatable bonds is 1. The highest BCUT2D eigenvalue weighted by Gasteiger charge is 2.30. The molecular formula is C15H20N4O2. The molecule has 0 bridgehead atoms. The fourth-order valence-electron chi connectivity index (χ4n) is 2.47. The van der Waals surface area contributed by atoms with Gasteiger partial charge in [0.05, 0.1) is 0 Å². The van der Waals surface area contributed by atoms with Crippen molar-refractivity contribution in [2.75, 3.05) is 31.1 Å². The number of carbonyl (C=O) groups excluding carboxylic acids is 1. The largest absolute Gasteiger partial charge is 0.422 e.